The summed E-state index contributed by atoms with van der Waals surface area (Å²) < 4.78 is 17.1. The zero-order valence-electron chi connectivity index (χ0n) is 18.8. The summed E-state index contributed by atoms with van der Waals surface area (Å²) in [5.41, 5.74) is 0.826. The second-order valence-electron chi connectivity index (χ2n) is 7.73. The quantitative estimate of drug-likeness (QED) is 0.422. The number of carboxylic acids is 1. The van der Waals surface area contributed by atoms with Gasteiger partial charge >= 0.3 is 5.97 Å². The van der Waals surface area contributed by atoms with Gasteiger partial charge in [-0.1, -0.05) is 30.3 Å². The van der Waals surface area contributed by atoms with Gasteiger partial charge in [-0.25, -0.2) is 0 Å². The van der Waals surface area contributed by atoms with Gasteiger partial charge in [-0.15, -0.1) is 0 Å². The maximum absolute atomic E-state index is 12.6. The minimum atomic E-state index is -1.42. The van der Waals surface area contributed by atoms with Gasteiger partial charge in [0.15, 0.2) is 17.2 Å². The Hall–Kier alpha value is -4.13. The average molecular weight is 444 g/mol. The highest BCUT2D eigenvalue weighted by molar-refractivity contribution is 5.89. The summed E-state index contributed by atoms with van der Waals surface area (Å²) in [6, 6.07) is 17.8. The first-order valence-corrected chi connectivity index (χ1v) is 10.3. The first kappa shape index (κ1) is 22.1. The molecule has 2 aromatic carbocycles. The van der Waals surface area contributed by atoms with E-state index in [0.717, 1.165) is 0 Å². The molecule has 7 nitrogen and oxygen atoms in total. The Bertz CT molecular complexity index is 1320. The van der Waals surface area contributed by atoms with Gasteiger partial charge in [-0.05, 0) is 43.7 Å². The minimum Gasteiger partial charge on any atom is -0.493 e. The van der Waals surface area contributed by atoms with E-state index in [1.54, 1.807) is 69.8 Å². The third kappa shape index (κ3) is 3.93. The molecule has 0 saturated carbocycles. The summed E-state index contributed by atoms with van der Waals surface area (Å²) in [6.45, 7) is 3.46. The van der Waals surface area contributed by atoms with Gasteiger partial charge in [0, 0.05) is 23.3 Å². The lowest BCUT2D eigenvalue weighted by Crippen LogP contribution is -2.35. The molecule has 7 heteroatoms. The van der Waals surface area contributed by atoms with Crippen molar-refractivity contribution in [3.05, 3.63) is 83.8 Å². The standard InChI is InChI=1S/C26H24N2O5/c1-16-10-11-21(24(28-16)26(2,25(29)30)17-8-6-5-7-9-17)33-20-12-13-27-19-15-23(32-4)22(31-3)14-18(19)20/h5-15H,1-4H3,(H,29,30). The fourth-order valence-electron chi connectivity index (χ4n) is 3.77. The molecule has 0 spiro atoms. The fourth-order valence-corrected chi connectivity index (χ4v) is 3.77. The number of rotatable bonds is 7. The summed E-state index contributed by atoms with van der Waals surface area (Å²) in [5.74, 6) is 0.896. The molecule has 1 N–H and O–H groups in total. The highest BCUT2D eigenvalue weighted by Gasteiger charge is 2.41. The number of aryl methyl sites for hydroxylation is 1. The van der Waals surface area contributed by atoms with Crippen LogP contribution in [0.2, 0.25) is 0 Å². The van der Waals surface area contributed by atoms with E-state index in [2.05, 4.69) is 9.97 Å². The predicted molar refractivity (Wildman–Crippen MR) is 124 cm³/mol. The van der Waals surface area contributed by atoms with Crippen molar-refractivity contribution in [2.45, 2.75) is 19.3 Å². The molecule has 2 heterocycles. The smallest absolute Gasteiger partial charge is 0.320 e. The summed E-state index contributed by atoms with van der Waals surface area (Å²) in [7, 11) is 3.12. The number of carbonyl (C=O) groups is 1. The third-order valence-corrected chi connectivity index (χ3v) is 5.68. The van der Waals surface area contributed by atoms with E-state index in [1.165, 1.54) is 0 Å². The van der Waals surface area contributed by atoms with E-state index in [9.17, 15) is 9.90 Å². The summed E-state index contributed by atoms with van der Waals surface area (Å²) >= 11 is 0. The number of nitrogens with zero attached hydrogens (tertiary/aromatic N) is 2. The highest BCUT2D eigenvalue weighted by atomic mass is 16.5. The van der Waals surface area contributed by atoms with E-state index in [4.69, 9.17) is 14.2 Å². The number of fused-ring (bicyclic) bond motifs is 1. The zero-order chi connectivity index (χ0) is 23.6. The van der Waals surface area contributed by atoms with Crippen molar-refractivity contribution in [1.29, 1.82) is 0 Å². The molecule has 0 aliphatic carbocycles. The first-order valence-electron chi connectivity index (χ1n) is 10.3. The Kier molecular flexibility index (Phi) is 5.87. The molecule has 0 fully saturated rings. The average Bonchev–Trinajstić information content (AvgIpc) is 2.84. The molecule has 4 aromatic rings. The molecular weight excluding hydrogens is 420 g/mol. The Morgan fingerprint density at radius 3 is 2.27 bits per heavy atom. The van der Waals surface area contributed by atoms with Gasteiger partial charge in [0.1, 0.15) is 16.9 Å². The molecule has 0 bridgehead atoms. The molecule has 0 radical (unpaired) electrons. The normalized spacial score (nSPS) is 12.7. The van der Waals surface area contributed by atoms with Gasteiger partial charge in [0.25, 0.3) is 0 Å². The third-order valence-electron chi connectivity index (χ3n) is 5.68. The molecule has 168 valence electrons. The van der Waals surface area contributed by atoms with Crippen LogP contribution in [0.5, 0.6) is 23.0 Å². The van der Waals surface area contributed by atoms with Crippen LogP contribution in [0.4, 0.5) is 0 Å². The number of pyridine rings is 2. The Balaban J connectivity index is 1.89. The van der Waals surface area contributed by atoms with E-state index < -0.39 is 11.4 Å². The minimum absolute atomic E-state index is 0.312. The summed E-state index contributed by atoms with van der Waals surface area (Å²) in [6.07, 6.45) is 1.62. The van der Waals surface area contributed by atoms with Gasteiger partial charge < -0.3 is 19.3 Å². The van der Waals surface area contributed by atoms with Crippen LogP contribution < -0.4 is 14.2 Å². The van der Waals surface area contributed by atoms with Crippen molar-refractivity contribution >= 4 is 16.9 Å². The largest absolute Gasteiger partial charge is 0.493 e. The topological polar surface area (TPSA) is 90.8 Å². The lowest BCUT2D eigenvalue weighted by molar-refractivity contribution is -0.141. The second kappa shape index (κ2) is 8.78. The van der Waals surface area contributed by atoms with Crippen LogP contribution >= 0.6 is 0 Å². The summed E-state index contributed by atoms with van der Waals surface area (Å²) in [4.78, 5) is 21.6. The van der Waals surface area contributed by atoms with Crippen LogP contribution in [0.15, 0.2) is 66.9 Å². The van der Waals surface area contributed by atoms with Gasteiger partial charge in [-0.2, -0.15) is 0 Å². The molecule has 2 aromatic heterocycles. The van der Waals surface area contributed by atoms with Crippen molar-refractivity contribution in [2.75, 3.05) is 14.2 Å². The van der Waals surface area contributed by atoms with Gasteiger partial charge in [0.05, 0.1) is 19.7 Å². The fraction of sp³-hybridized carbons (Fsp3) is 0.192. The van der Waals surface area contributed by atoms with Crippen molar-refractivity contribution in [1.82, 2.24) is 9.97 Å². The molecule has 1 atom stereocenters. The van der Waals surface area contributed by atoms with Crippen LogP contribution in [-0.4, -0.2) is 35.3 Å². The molecule has 0 amide bonds. The number of hydrogen-bond donors (Lipinski definition) is 1. The van der Waals surface area contributed by atoms with Crippen LogP contribution in [0.1, 0.15) is 23.9 Å². The molecule has 4 rings (SSSR count). The number of aliphatic carboxylic acids is 1. The van der Waals surface area contributed by atoms with Crippen molar-refractivity contribution in [3.63, 3.8) is 0 Å². The number of benzene rings is 2. The predicted octanol–water partition coefficient (Wildman–Crippen LogP) is 5.14. The Labute approximate surface area is 191 Å². The molecule has 1 unspecified atom stereocenters. The van der Waals surface area contributed by atoms with Crippen LogP contribution in [0.25, 0.3) is 10.9 Å². The van der Waals surface area contributed by atoms with Crippen LogP contribution in [-0.2, 0) is 10.2 Å². The molecular formula is C26H24N2O5. The van der Waals surface area contributed by atoms with E-state index in [-0.39, 0.29) is 0 Å². The Morgan fingerprint density at radius 1 is 0.909 bits per heavy atom. The van der Waals surface area contributed by atoms with Gasteiger partial charge in [0.2, 0.25) is 0 Å². The number of ether oxygens (including phenoxy) is 3. The van der Waals surface area contributed by atoms with Crippen LogP contribution in [0.3, 0.4) is 0 Å². The first-order chi connectivity index (χ1) is 15.9. The Morgan fingerprint density at radius 2 is 1.61 bits per heavy atom. The zero-order valence-corrected chi connectivity index (χ0v) is 18.8. The highest BCUT2D eigenvalue weighted by Crippen LogP contribution is 2.41. The van der Waals surface area contributed by atoms with E-state index in [1.807, 2.05) is 25.1 Å². The van der Waals surface area contributed by atoms with E-state index >= 15 is 0 Å². The number of aromatic nitrogens is 2. The lowest BCUT2D eigenvalue weighted by atomic mass is 9.78. The monoisotopic (exact) mass is 444 g/mol. The maximum Gasteiger partial charge on any atom is 0.320 e. The van der Waals surface area contributed by atoms with Crippen molar-refractivity contribution in [2.24, 2.45) is 0 Å². The molecule has 0 saturated heterocycles. The molecule has 0 aliphatic heterocycles. The van der Waals surface area contributed by atoms with Crippen molar-refractivity contribution < 1.29 is 24.1 Å². The number of hydrogen-bond acceptors (Lipinski definition) is 6. The summed E-state index contributed by atoms with van der Waals surface area (Å²) in [5, 5.41) is 11.0. The van der Waals surface area contributed by atoms with E-state index in [0.29, 0.717) is 50.9 Å². The second-order valence-corrected chi connectivity index (χ2v) is 7.73. The number of methoxy groups -OCH3 is 2. The van der Waals surface area contributed by atoms with Crippen molar-refractivity contribution in [3.8, 4) is 23.0 Å². The maximum atomic E-state index is 12.6. The molecule has 0 aliphatic rings. The lowest BCUT2D eigenvalue weighted by Gasteiger charge is -2.27. The van der Waals surface area contributed by atoms with Crippen LogP contribution in [0, 0.1) is 6.92 Å². The SMILES string of the molecule is COc1cc2nccc(Oc3ccc(C)nc3C(C)(C(=O)O)c3ccccc3)c2cc1OC. The molecule has 33 heavy (non-hydrogen) atoms. The van der Waals surface area contributed by atoms with Gasteiger partial charge in [-0.3, -0.25) is 14.8 Å². The number of carboxylic acid groups (broad SMARTS) is 1.